The van der Waals surface area contributed by atoms with Gasteiger partial charge >= 0.3 is 0 Å². The fourth-order valence-corrected chi connectivity index (χ4v) is 2.91. The monoisotopic (exact) mass is 299 g/mol. The van der Waals surface area contributed by atoms with E-state index in [1.807, 2.05) is 37.3 Å². The van der Waals surface area contributed by atoms with Crippen LogP contribution in [0.15, 0.2) is 54.6 Å². The predicted molar refractivity (Wildman–Crippen MR) is 86.1 cm³/mol. The molecule has 0 aliphatic carbocycles. The van der Waals surface area contributed by atoms with Crippen LogP contribution in [0.4, 0.5) is 4.39 Å². The zero-order valence-electron chi connectivity index (χ0n) is 11.6. The first-order chi connectivity index (χ1) is 10.1. The molecule has 0 saturated heterocycles. The molecule has 0 aromatic heterocycles. The van der Waals surface area contributed by atoms with E-state index >= 15 is 0 Å². The Labute approximate surface area is 128 Å². The van der Waals surface area contributed by atoms with Gasteiger partial charge in [0, 0.05) is 10.6 Å². The number of benzene rings is 3. The maximum atomic E-state index is 14.1. The number of hydrogen-bond donors (Lipinski definition) is 1. The molecule has 21 heavy (non-hydrogen) atoms. The molecule has 3 heteroatoms. The van der Waals surface area contributed by atoms with E-state index in [2.05, 4.69) is 6.07 Å². The highest BCUT2D eigenvalue weighted by Crippen LogP contribution is 2.32. The van der Waals surface area contributed by atoms with Gasteiger partial charge in [0.25, 0.3) is 0 Å². The van der Waals surface area contributed by atoms with E-state index in [1.165, 1.54) is 12.1 Å². The van der Waals surface area contributed by atoms with Gasteiger partial charge in [-0.15, -0.1) is 0 Å². The zero-order valence-corrected chi connectivity index (χ0v) is 12.4. The minimum atomic E-state index is -0.546. The summed E-state index contributed by atoms with van der Waals surface area (Å²) >= 11 is 5.98. The lowest BCUT2D eigenvalue weighted by Gasteiger charge is -2.19. The summed E-state index contributed by atoms with van der Waals surface area (Å²) in [6.07, 6.45) is 0. The molecule has 1 unspecified atom stereocenters. The fourth-order valence-electron chi connectivity index (χ4n) is 2.73. The van der Waals surface area contributed by atoms with Crippen molar-refractivity contribution in [2.75, 3.05) is 0 Å². The number of aryl methyl sites for hydroxylation is 1. The van der Waals surface area contributed by atoms with Gasteiger partial charge in [0.2, 0.25) is 0 Å². The van der Waals surface area contributed by atoms with Crippen LogP contribution in [0, 0.1) is 12.7 Å². The molecule has 3 aromatic rings. The van der Waals surface area contributed by atoms with Crippen molar-refractivity contribution in [3.63, 3.8) is 0 Å². The first-order valence-corrected chi connectivity index (χ1v) is 7.14. The highest BCUT2D eigenvalue weighted by molar-refractivity contribution is 6.30. The van der Waals surface area contributed by atoms with Gasteiger partial charge in [0.15, 0.2) is 0 Å². The topological polar surface area (TPSA) is 26.0 Å². The molecule has 0 spiro atoms. The number of rotatable bonds is 2. The number of halogens is 2. The average molecular weight is 300 g/mol. The van der Waals surface area contributed by atoms with Crippen LogP contribution in [0.2, 0.25) is 5.02 Å². The molecule has 0 radical (unpaired) electrons. The van der Waals surface area contributed by atoms with Gasteiger partial charge in [-0.05, 0) is 47.0 Å². The normalized spacial score (nSPS) is 12.6. The first-order valence-electron chi connectivity index (χ1n) is 6.76. The molecule has 1 nitrogen and oxygen atoms in total. The Morgan fingerprint density at radius 3 is 2.62 bits per heavy atom. The maximum Gasteiger partial charge on any atom is 0.128 e. The third-order valence-electron chi connectivity index (χ3n) is 3.79. The van der Waals surface area contributed by atoms with E-state index in [1.54, 1.807) is 6.07 Å². The van der Waals surface area contributed by atoms with Gasteiger partial charge in [-0.1, -0.05) is 48.0 Å². The molecule has 0 heterocycles. The second kappa shape index (κ2) is 5.47. The van der Waals surface area contributed by atoms with Crippen LogP contribution in [0.3, 0.4) is 0 Å². The third kappa shape index (κ3) is 2.53. The lowest BCUT2D eigenvalue weighted by molar-refractivity contribution is 0.600. The van der Waals surface area contributed by atoms with Gasteiger partial charge in [-0.3, -0.25) is 0 Å². The molecule has 0 bridgehead atoms. The molecule has 106 valence electrons. The number of nitrogens with two attached hydrogens (primary N) is 1. The van der Waals surface area contributed by atoms with Gasteiger partial charge < -0.3 is 5.73 Å². The van der Waals surface area contributed by atoms with E-state index in [9.17, 15) is 4.39 Å². The van der Waals surface area contributed by atoms with Crippen LogP contribution in [0.25, 0.3) is 10.8 Å². The maximum absolute atomic E-state index is 14.1. The molecular formula is C18H15ClFN. The lowest BCUT2D eigenvalue weighted by atomic mass is 9.90. The van der Waals surface area contributed by atoms with Crippen LogP contribution in [-0.4, -0.2) is 0 Å². The van der Waals surface area contributed by atoms with Gasteiger partial charge in [-0.25, -0.2) is 4.39 Å². The summed E-state index contributed by atoms with van der Waals surface area (Å²) in [5, 5.41) is 2.63. The Morgan fingerprint density at radius 2 is 1.81 bits per heavy atom. The SMILES string of the molecule is Cc1ccc2ccccc2c1C(N)c1cc(Cl)ccc1F. The highest BCUT2D eigenvalue weighted by Gasteiger charge is 2.18. The summed E-state index contributed by atoms with van der Waals surface area (Å²) in [7, 11) is 0. The van der Waals surface area contributed by atoms with Crippen molar-refractivity contribution in [3.05, 3.63) is 82.1 Å². The Morgan fingerprint density at radius 1 is 1.05 bits per heavy atom. The van der Waals surface area contributed by atoms with E-state index in [-0.39, 0.29) is 5.82 Å². The van der Waals surface area contributed by atoms with E-state index in [0.717, 1.165) is 21.9 Å². The zero-order chi connectivity index (χ0) is 15.0. The summed E-state index contributed by atoms with van der Waals surface area (Å²) in [5.41, 5.74) is 8.75. The van der Waals surface area contributed by atoms with Crippen molar-refractivity contribution >= 4 is 22.4 Å². The second-order valence-corrected chi connectivity index (χ2v) is 5.60. The third-order valence-corrected chi connectivity index (χ3v) is 4.03. The van der Waals surface area contributed by atoms with Gasteiger partial charge in [-0.2, -0.15) is 0 Å². The molecule has 0 amide bonds. The molecule has 0 fully saturated rings. The molecule has 3 aromatic carbocycles. The van der Waals surface area contributed by atoms with Crippen molar-refractivity contribution in [1.82, 2.24) is 0 Å². The van der Waals surface area contributed by atoms with E-state index in [0.29, 0.717) is 10.6 Å². The Balaban J connectivity index is 2.24. The average Bonchev–Trinajstić information content (AvgIpc) is 2.49. The predicted octanol–water partition coefficient (Wildman–Crippen LogP) is 4.99. The molecule has 0 aliphatic heterocycles. The fraction of sp³-hybridized carbons (Fsp3) is 0.111. The Kier molecular flexibility index (Phi) is 3.66. The molecule has 0 saturated carbocycles. The minimum absolute atomic E-state index is 0.334. The van der Waals surface area contributed by atoms with Crippen molar-refractivity contribution in [3.8, 4) is 0 Å². The smallest absolute Gasteiger partial charge is 0.128 e. The van der Waals surface area contributed by atoms with Crippen molar-refractivity contribution < 1.29 is 4.39 Å². The quantitative estimate of drug-likeness (QED) is 0.709. The standard InChI is InChI=1S/C18H15ClFN/c1-11-6-7-12-4-2-3-5-14(12)17(11)18(21)15-10-13(19)8-9-16(15)20/h2-10,18H,21H2,1H3. The molecular weight excluding hydrogens is 285 g/mol. The molecule has 0 aliphatic rings. The van der Waals surface area contributed by atoms with E-state index in [4.69, 9.17) is 17.3 Å². The highest BCUT2D eigenvalue weighted by atomic mass is 35.5. The molecule has 2 N–H and O–H groups in total. The Hall–Kier alpha value is -1.90. The van der Waals surface area contributed by atoms with Crippen LogP contribution in [0.5, 0.6) is 0 Å². The molecule has 1 atom stereocenters. The van der Waals surface area contributed by atoms with Crippen molar-refractivity contribution in [2.24, 2.45) is 5.73 Å². The van der Waals surface area contributed by atoms with Gasteiger partial charge in [0.05, 0.1) is 6.04 Å². The summed E-state index contributed by atoms with van der Waals surface area (Å²) in [6.45, 7) is 1.99. The van der Waals surface area contributed by atoms with Crippen LogP contribution in [0.1, 0.15) is 22.7 Å². The Bertz CT molecular complexity index is 813. The van der Waals surface area contributed by atoms with Crippen LogP contribution in [-0.2, 0) is 0 Å². The lowest BCUT2D eigenvalue weighted by Crippen LogP contribution is -2.15. The first kappa shape index (κ1) is 14.1. The van der Waals surface area contributed by atoms with Crippen LogP contribution < -0.4 is 5.73 Å². The minimum Gasteiger partial charge on any atom is -0.320 e. The number of hydrogen-bond acceptors (Lipinski definition) is 1. The van der Waals surface area contributed by atoms with Crippen molar-refractivity contribution in [2.45, 2.75) is 13.0 Å². The summed E-state index contributed by atoms with van der Waals surface area (Å²) in [6, 6.07) is 16.0. The summed E-state index contributed by atoms with van der Waals surface area (Å²) < 4.78 is 14.1. The number of fused-ring (bicyclic) bond motifs is 1. The second-order valence-electron chi connectivity index (χ2n) is 5.16. The van der Waals surface area contributed by atoms with E-state index < -0.39 is 6.04 Å². The van der Waals surface area contributed by atoms with Crippen LogP contribution >= 0.6 is 11.6 Å². The molecule has 3 rings (SSSR count). The largest absolute Gasteiger partial charge is 0.320 e. The van der Waals surface area contributed by atoms with Crippen molar-refractivity contribution in [1.29, 1.82) is 0 Å². The summed E-state index contributed by atoms with van der Waals surface area (Å²) in [5.74, 6) is -0.334. The van der Waals surface area contributed by atoms with Gasteiger partial charge in [0.1, 0.15) is 5.82 Å². The summed E-state index contributed by atoms with van der Waals surface area (Å²) in [4.78, 5) is 0.